The highest BCUT2D eigenvalue weighted by Gasteiger charge is 2.15. The van der Waals surface area contributed by atoms with Gasteiger partial charge in [-0.2, -0.15) is 0 Å². The van der Waals surface area contributed by atoms with Gasteiger partial charge in [-0.3, -0.25) is 4.79 Å². The van der Waals surface area contributed by atoms with E-state index in [2.05, 4.69) is 0 Å². The molecule has 1 unspecified atom stereocenters. The Kier molecular flexibility index (Phi) is 2.71. The van der Waals surface area contributed by atoms with E-state index in [1.165, 1.54) is 0 Å². The van der Waals surface area contributed by atoms with Crippen molar-refractivity contribution < 1.29 is 9.90 Å². The predicted octanol–water partition coefficient (Wildman–Crippen LogP) is 2.49. The molecule has 0 fully saturated rings. The van der Waals surface area contributed by atoms with E-state index >= 15 is 0 Å². The Morgan fingerprint density at radius 3 is 2.54 bits per heavy atom. The van der Waals surface area contributed by atoms with Gasteiger partial charge in [-0.15, -0.1) is 0 Å². The van der Waals surface area contributed by atoms with Crippen molar-refractivity contribution in [3.8, 4) is 0 Å². The van der Waals surface area contributed by atoms with Crippen molar-refractivity contribution in [2.75, 3.05) is 0 Å². The molecule has 1 aromatic carbocycles. The van der Waals surface area contributed by atoms with Crippen LogP contribution in [0.3, 0.4) is 0 Å². The largest absolute Gasteiger partial charge is 0.481 e. The molecule has 2 heteroatoms. The molecule has 1 N–H and O–H groups in total. The van der Waals surface area contributed by atoms with E-state index < -0.39 is 11.9 Å². The summed E-state index contributed by atoms with van der Waals surface area (Å²) in [6.45, 7) is 5.62. The summed E-state index contributed by atoms with van der Waals surface area (Å²) < 4.78 is 0. The number of rotatable bonds is 2. The van der Waals surface area contributed by atoms with E-state index in [1.54, 1.807) is 6.92 Å². The fourth-order valence-corrected chi connectivity index (χ4v) is 1.36. The normalized spacial score (nSPS) is 12.5. The van der Waals surface area contributed by atoms with Gasteiger partial charge in [-0.1, -0.05) is 23.8 Å². The first-order chi connectivity index (χ1) is 6.02. The van der Waals surface area contributed by atoms with Crippen LogP contribution in [-0.2, 0) is 4.79 Å². The molecule has 0 amide bonds. The highest BCUT2D eigenvalue weighted by molar-refractivity contribution is 5.76. The minimum absolute atomic E-state index is 0.417. The summed E-state index contributed by atoms with van der Waals surface area (Å²) in [7, 11) is 0. The first-order valence-corrected chi connectivity index (χ1v) is 4.32. The summed E-state index contributed by atoms with van der Waals surface area (Å²) >= 11 is 0. The highest BCUT2D eigenvalue weighted by Crippen LogP contribution is 2.20. The molecule has 13 heavy (non-hydrogen) atoms. The van der Waals surface area contributed by atoms with Crippen LogP contribution in [0.15, 0.2) is 18.2 Å². The van der Waals surface area contributed by atoms with Gasteiger partial charge in [0.25, 0.3) is 0 Å². The first-order valence-electron chi connectivity index (χ1n) is 4.32. The Morgan fingerprint density at radius 1 is 1.38 bits per heavy atom. The van der Waals surface area contributed by atoms with E-state index in [-0.39, 0.29) is 0 Å². The van der Waals surface area contributed by atoms with Crippen molar-refractivity contribution in [3.05, 3.63) is 34.9 Å². The molecular weight excluding hydrogens is 164 g/mol. The molecule has 0 bridgehead atoms. The molecule has 0 heterocycles. The Bertz CT molecular complexity index is 329. The number of carbonyl (C=O) groups is 1. The predicted molar refractivity (Wildman–Crippen MR) is 52.0 cm³/mol. The van der Waals surface area contributed by atoms with Crippen LogP contribution in [0.5, 0.6) is 0 Å². The highest BCUT2D eigenvalue weighted by atomic mass is 16.4. The Labute approximate surface area is 78.2 Å². The van der Waals surface area contributed by atoms with Crippen LogP contribution >= 0.6 is 0 Å². The number of aliphatic carboxylic acids is 1. The third-order valence-electron chi connectivity index (χ3n) is 2.27. The van der Waals surface area contributed by atoms with Gasteiger partial charge in [0.15, 0.2) is 0 Å². The standard InChI is InChI=1S/C11H14O2/c1-7-4-5-8(2)10(6-7)9(3)11(12)13/h4-6,9H,1-3H3,(H,12,13). The number of carboxylic acid groups (broad SMARTS) is 1. The van der Waals surface area contributed by atoms with E-state index in [0.717, 1.165) is 16.7 Å². The van der Waals surface area contributed by atoms with Crippen molar-refractivity contribution >= 4 is 5.97 Å². The summed E-state index contributed by atoms with van der Waals surface area (Å²) in [5.41, 5.74) is 3.06. The Hall–Kier alpha value is -1.31. The third-order valence-corrected chi connectivity index (χ3v) is 2.27. The van der Waals surface area contributed by atoms with Crippen LogP contribution in [0.25, 0.3) is 0 Å². The average Bonchev–Trinajstić information content (AvgIpc) is 2.08. The summed E-state index contributed by atoms with van der Waals surface area (Å²) in [5, 5.41) is 8.85. The monoisotopic (exact) mass is 178 g/mol. The van der Waals surface area contributed by atoms with Gasteiger partial charge in [0.2, 0.25) is 0 Å². The molecule has 0 saturated heterocycles. The third kappa shape index (κ3) is 2.08. The summed E-state index contributed by atoms with van der Waals surface area (Å²) in [6.07, 6.45) is 0. The Balaban J connectivity index is 3.12. The van der Waals surface area contributed by atoms with Crippen molar-refractivity contribution in [1.82, 2.24) is 0 Å². The van der Waals surface area contributed by atoms with E-state index in [1.807, 2.05) is 32.0 Å². The lowest BCUT2D eigenvalue weighted by atomic mass is 9.95. The molecule has 0 aliphatic carbocycles. The second kappa shape index (κ2) is 3.60. The molecular formula is C11H14O2. The number of hydrogen-bond acceptors (Lipinski definition) is 1. The molecule has 70 valence electrons. The van der Waals surface area contributed by atoms with Crippen molar-refractivity contribution in [2.24, 2.45) is 0 Å². The van der Waals surface area contributed by atoms with Crippen molar-refractivity contribution in [3.63, 3.8) is 0 Å². The molecule has 1 atom stereocenters. The van der Waals surface area contributed by atoms with Crippen LogP contribution in [0.1, 0.15) is 29.5 Å². The smallest absolute Gasteiger partial charge is 0.310 e. The molecule has 0 aliphatic heterocycles. The number of benzene rings is 1. The lowest BCUT2D eigenvalue weighted by molar-refractivity contribution is -0.138. The second-order valence-electron chi connectivity index (χ2n) is 3.42. The van der Waals surface area contributed by atoms with E-state index in [4.69, 9.17) is 5.11 Å². The van der Waals surface area contributed by atoms with Crippen molar-refractivity contribution in [2.45, 2.75) is 26.7 Å². The number of aryl methyl sites for hydroxylation is 2. The van der Waals surface area contributed by atoms with Crippen LogP contribution in [-0.4, -0.2) is 11.1 Å². The molecule has 0 aromatic heterocycles. The first kappa shape index (κ1) is 9.78. The minimum Gasteiger partial charge on any atom is -0.481 e. The van der Waals surface area contributed by atoms with E-state index in [0.29, 0.717) is 0 Å². The summed E-state index contributed by atoms with van der Waals surface area (Å²) in [5.74, 6) is -1.19. The number of carboxylic acids is 1. The Morgan fingerprint density at radius 2 is 2.00 bits per heavy atom. The maximum atomic E-state index is 10.8. The second-order valence-corrected chi connectivity index (χ2v) is 3.42. The lowest BCUT2D eigenvalue weighted by Gasteiger charge is -2.10. The minimum atomic E-state index is -0.770. The summed E-state index contributed by atoms with van der Waals surface area (Å²) in [4.78, 5) is 10.8. The molecule has 2 nitrogen and oxygen atoms in total. The average molecular weight is 178 g/mol. The van der Waals surface area contributed by atoms with Gasteiger partial charge in [-0.05, 0) is 31.9 Å². The van der Waals surface area contributed by atoms with Gasteiger partial charge in [0.05, 0.1) is 5.92 Å². The quantitative estimate of drug-likeness (QED) is 0.755. The zero-order valence-corrected chi connectivity index (χ0v) is 8.16. The van der Waals surface area contributed by atoms with Gasteiger partial charge >= 0.3 is 5.97 Å². The maximum absolute atomic E-state index is 10.8. The molecule has 0 radical (unpaired) electrons. The van der Waals surface area contributed by atoms with Crippen LogP contribution < -0.4 is 0 Å². The van der Waals surface area contributed by atoms with Crippen molar-refractivity contribution in [1.29, 1.82) is 0 Å². The van der Waals surface area contributed by atoms with Gasteiger partial charge in [0.1, 0.15) is 0 Å². The molecule has 0 spiro atoms. The SMILES string of the molecule is Cc1ccc(C)c(C(C)C(=O)O)c1. The zero-order valence-electron chi connectivity index (χ0n) is 8.16. The zero-order chi connectivity index (χ0) is 10.0. The summed E-state index contributed by atoms with van der Waals surface area (Å²) in [6, 6.07) is 5.89. The van der Waals surface area contributed by atoms with E-state index in [9.17, 15) is 4.79 Å². The molecule has 1 rings (SSSR count). The van der Waals surface area contributed by atoms with Crippen LogP contribution in [0, 0.1) is 13.8 Å². The van der Waals surface area contributed by atoms with Crippen LogP contribution in [0.4, 0.5) is 0 Å². The van der Waals surface area contributed by atoms with Gasteiger partial charge in [0, 0.05) is 0 Å². The fourth-order valence-electron chi connectivity index (χ4n) is 1.36. The number of hydrogen-bond donors (Lipinski definition) is 1. The van der Waals surface area contributed by atoms with Crippen LogP contribution in [0.2, 0.25) is 0 Å². The topological polar surface area (TPSA) is 37.3 Å². The maximum Gasteiger partial charge on any atom is 0.310 e. The molecule has 0 aliphatic rings. The fraction of sp³-hybridized carbons (Fsp3) is 0.364. The van der Waals surface area contributed by atoms with Gasteiger partial charge < -0.3 is 5.11 Å². The molecule has 0 saturated carbocycles. The molecule has 1 aromatic rings. The van der Waals surface area contributed by atoms with Gasteiger partial charge in [-0.25, -0.2) is 0 Å². The lowest BCUT2D eigenvalue weighted by Crippen LogP contribution is -2.09.